The highest BCUT2D eigenvalue weighted by Crippen LogP contribution is 2.30. The molecule has 2 bridgehead atoms. The van der Waals surface area contributed by atoms with Crippen molar-refractivity contribution in [2.24, 2.45) is 0 Å². The maximum absolute atomic E-state index is 12.9. The predicted molar refractivity (Wildman–Crippen MR) is 83.8 cm³/mol. The Kier molecular flexibility index (Phi) is 3.87. The number of nitrogens with zero attached hydrogens (tertiary/aromatic N) is 2. The highest BCUT2D eigenvalue weighted by molar-refractivity contribution is 6.05. The topological polar surface area (TPSA) is 61.0 Å². The first-order valence-corrected chi connectivity index (χ1v) is 7.31. The van der Waals surface area contributed by atoms with E-state index in [-0.39, 0.29) is 18.3 Å². The second-order valence-electron chi connectivity index (χ2n) is 5.71. The lowest BCUT2D eigenvalue weighted by atomic mass is 10.1. The first-order valence-electron chi connectivity index (χ1n) is 7.31. The minimum Gasteiger partial charge on any atom is -0.330 e. The highest BCUT2D eigenvalue weighted by atomic mass is 35.5. The van der Waals surface area contributed by atoms with E-state index in [0.29, 0.717) is 17.8 Å². The molecule has 2 aromatic rings. The first-order chi connectivity index (χ1) is 9.84. The van der Waals surface area contributed by atoms with E-state index < -0.39 is 0 Å². The summed E-state index contributed by atoms with van der Waals surface area (Å²) in [5, 5.41) is 11.6. The molecule has 112 valence electrons. The minimum atomic E-state index is 0. The van der Waals surface area contributed by atoms with Gasteiger partial charge >= 0.3 is 0 Å². The summed E-state index contributed by atoms with van der Waals surface area (Å²) in [4.78, 5) is 15.0. The van der Waals surface area contributed by atoms with Crippen LogP contribution in [0.15, 0.2) is 24.3 Å². The van der Waals surface area contributed by atoms with Crippen LogP contribution in [0.1, 0.15) is 29.8 Å². The fraction of sp³-hybridized carbons (Fsp3) is 0.467. The third-order valence-corrected chi connectivity index (χ3v) is 4.56. The van der Waals surface area contributed by atoms with E-state index >= 15 is 0 Å². The molecule has 3 heterocycles. The lowest BCUT2D eigenvalue weighted by molar-refractivity contribution is 0.0676. The molecule has 2 atom stereocenters. The van der Waals surface area contributed by atoms with Crippen LogP contribution in [-0.2, 0) is 0 Å². The Hall–Kier alpha value is -1.59. The lowest BCUT2D eigenvalue weighted by Crippen LogP contribution is -2.42. The van der Waals surface area contributed by atoms with Crippen molar-refractivity contribution in [1.29, 1.82) is 0 Å². The van der Waals surface area contributed by atoms with Crippen LogP contribution < -0.4 is 5.32 Å². The Labute approximate surface area is 129 Å². The Bertz CT molecular complexity index is 642. The van der Waals surface area contributed by atoms with Gasteiger partial charge in [-0.15, -0.1) is 12.4 Å². The number of amides is 1. The van der Waals surface area contributed by atoms with Crippen molar-refractivity contribution < 1.29 is 4.79 Å². The molecule has 21 heavy (non-hydrogen) atoms. The number of H-pyrrole nitrogens is 1. The second kappa shape index (κ2) is 5.66. The van der Waals surface area contributed by atoms with Crippen molar-refractivity contribution in [1.82, 2.24) is 20.4 Å². The quantitative estimate of drug-likeness (QED) is 0.846. The summed E-state index contributed by atoms with van der Waals surface area (Å²) >= 11 is 0. The molecule has 0 saturated carbocycles. The molecule has 2 saturated heterocycles. The SMILES string of the molecule is Cl.O=C(c1n[nH]c2ccccc12)N1C2CCNCC1CC2. The summed E-state index contributed by atoms with van der Waals surface area (Å²) in [7, 11) is 0. The molecule has 4 rings (SSSR count). The Morgan fingerprint density at radius 1 is 1.19 bits per heavy atom. The van der Waals surface area contributed by atoms with E-state index in [1.54, 1.807) is 0 Å². The fourth-order valence-corrected chi connectivity index (χ4v) is 3.56. The van der Waals surface area contributed by atoms with Crippen LogP contribution in [0.4, 0.5) is 0 Å². The first kappa shape index (κ1) is 14.4. The number of hydrogen-bond acceptors (Lipinski definition) is 3. The molecule has 2 fully saturated rings. The molecular weight excluding hydrogens is 288 g/mol. The molecule has 2 N–H and O–H groups in total. The molecule has 1 aromatic heterocycles. The molecule has 0 radical (unpaired) electrons. The van der Waals surface area contributed by atoms with E-state index in [4.69, 9.17) is 0 Å². The average molecular weight is 307 g/mol. The predicted octanol–water partition coefficient (Wildman–Crippen LogP) is 1.95. The van der Waals surface area contributed by atoms with Crippen LogP contribution in [0.3, 0.4) is 0 Å². The number of nitrogens with one attached hydrogen (secondary N) is 2. The van der Waals surface area contributed by atoms with Gasteiger partial charge in [0.05, 0.1) is 5.52 Å². The molecule has 6 heteroatoms. The molecular formula is C15H19ClN4O. The molecule has 2 aliphatic rings. The molecule has 2 unspecified atom stereocenters. The number of aromatic amines is 1. The van der Waals surface area contributed by atoms with Gasteiger partial charge in [0.15, 0.2) is 5.69 Å². The number of benzene rings is 1. The maximum atomic E-state index is 12.9. The van der Waals surface area contributed by atoms with Gasteiger partial charge in [-0.1, -0.05) is 18.2 Å². The number of aromatic nitrogens is 2. The van der Waals surface area contributed by atoms with Crippen LogP contribution in [0, 0.1) is 0 Å². The summed E-state index contributed by atoms with van der Waals surface area (Å²) in [6, 6.07) is 8.52. The van der Waals surface area contributed by atoms with Crippen LogP contribution in [0.2, 0.25) is 0 Å². The van der Waals surface area contributed by atoms with Crippen molar-refractivity contribution in [2.75, 3.05) is 13.1 Å². The third-order valence-electron chi connectivity index (χ3n) is 4.56. The van der Waals surface area contributed by atoms with Crippen molar-refractivity contribution in [3.05, 3.63) is 30.0 Å². The summed E-state index contributed by atoms with van der Waals surface area (Å²) < 4.78 is 0. The van der Waals surface area contributed by atoms with E-state index in [1.807, 2.05) is 24.3 Å². The highest BCUT2D eigenvalue weighted by Gasteiger charge is 2.39. The van der Waals surface area contributed by atoms with Gasteiger partial charge in [-0.2, -0.15) is 5.10 Å². The van der Waals surface area contributed by atoms with E-state index in [2.05, 4.69) is 20.4 Å². The number of hydrogen-bond donors (Lipinski definition) is 2. The van der Waals surface area contributed by atoms with Crippen LogP contribution >= 0.6 is 12.4 Å². The van der Waals surface area contributed by atoms with Crippen molar-refractivity contribution >= 4 is 29.2 Å². The zero-order valence-electron chi connectivity index (χ0n) is 11.7. The maximum Gasteiger partial charge on any atom is 0.275 e. The van der Waals surface area contributed by atoms with Crippen LogP contribution in [0.25, 0.3) is 10.9 Å². The van der Waals surface area contributed by atoms with Crippen molar-refractivity contribution in [3.63, 3.8) is 0 Å². The smallest absolute Gasteiger partial charge is 0.275 e. The number of rotatable bonds is 1. The molecule has 0 spiro atoms. The van der Waals surface area contributed by atoms with E-state index in [9.17, 15) is 4.79 Å². The summed E-state index contributed by atoms with van der Waals surface area (Å²) in [5.41, 5.74) is 1.50. The van der Waals surface area contributed by atoms with Gasteiger partial charge in [-0.25, -0.2) is 0 Å². The van der Waals surface area contributed by atoms with Crippen molar-refractivity contribution in [2.45, 2.75) is 31.3 Å². The zero-order valence-corrected chi connectivity index (χ0v) is 12.5. The lowest BCUT2D eigenvalue weighted by Gasteiger charge is -2.27. The fourth-order valence-electron chi connectivity index (χ4n) is 3.56. The van der Waals surface area contributed by atoms with Gasteiger partial charge in [0.2, 0.25) is 0 Å². The van der Waals surface area contributed by atoms with Crippen LogP contribution in [0.5, 0.6) is 0 Å². The molecule has 1 aromatic carbocycles. The minimum absolute atomic E-state index is 0. The van der Waals surface area contributed by atoms with E-state index in [1.165, 1.54) is 0 Å². The Morgan fingerprint density at radius 3 is 2.90 bits per heavy atom. The van der Waals surface area contributed by atoms with Gasteiger partial charge in [0.1, 0.15) is 0 Å². The van der Waals surface area contributed by atoms with Crippen LogP contribution in [-0.4, -0.2) is 46.2 Å². The largest absolute Gasteiger partial charge is 0.330 e. The average Bonchev–Trinajstić information content (AvgIpc) is 2.98. The number of fused-ring (bicyclic) bond motifs is 3. The number of halogens is 1. The Morgan fingerprint density at radius 2 is 2.00 bits per heavy atom. The monoisotopic (exact) mass is 306 g/mol. The Balaban J connectivity index is 0.00000132. The van der Waals surface area contributed by atoms with E-state index in [0.717, 1.165) is 43.3 Å². The summed E-state index contributed by atoms with van der Waals surface area (Å²) in [6.07, 6.45) is 3.27. The van der Waals surface area contributed by atoms with Gasteiger partial charge in [0, 0.05) is 24.0 Å². The van der Waals surface area contributed by atoms with Gasteiger partial charge in [0.25, 0.3) is 5.91 Å². The summed E-state index contributed by atoms with van der Waals surface area (Å²) in [6.45, 7) is 1.91. The molecule has 1 amide bonds. The van der Waals surface area contributed by atoms with Gasteiger partial charge in [-0.05, 0) is 31.9 Å². The standard InChI is InChI=1S/C15H18N4O.ClH/c20-15(14-12-3-1-2-4-13(12)17-18-14)19-10-5-6-11(19)9-16-8-7-10;/h1-4,10-11,16H,5-9H2,(H,17,18);1H. The zero-order chi connectivity index (χ0) is 13.5. The number of para-hydroxylation sites is 1. The number of carbonyl (C=O) groups is 1. The van der Waals surface area contributed by atoms with Gasteiger partial charge < -0.3 is 10.2 Å². The normalized spacial score (nSPS) is 24.7. The van der Waals surface area contributed by atoms with Crippen molar-refractivity contribution in [3.8, 4) is 0 Å². The van der Waals surface area contributed by atoms with Gasteiger partial charge in [-0.3, -0.25) is 9.89 Å². The molecule has 2 aliphatic heterocycles. The molecule has 5 nitrogen and oxygen atoms in total. The summed E-state index contributed by atoms with van der Waals surface area (Å²) in [5.74, 6) is 0.0821. The number of carbonyl (C=O) groups excluding carboxylic acids is 1. The second-order valence-corrected chi connectivity index (χ2v) is 5.71. The molecule has 0 aliphatic carbocycles. The third kappa shape index (κ3) is 2.30.